The van der Waals surface area contributed by atoms with Crippen LogP contribution in [0.25, 0.3) is 0 Å². The summed E-state index contributed by atoms with van der Waals surface area (Å²) in [5, 5.41) is 5.89. The molecule has 0 aliphatic carbocycles. The molecule has 1 heterocycles. The van der Waals surface area contributed by atoms with Crippen LogP contribution in [0.3, 0.4) is 0 Å². The molecule has 7 nitrogen and oxygen atoms in total. The summed E-state index contributed by atoms with van der Waals surface area (Å²) in [4.78, 5) is 20.9. The normalized spacial score (nSPS) is 10.2. The van der Waals surface area contributed by atoms with E-state index in [2.05, 4.69) is 20.6 Å². The molecule has 0 atom stereocenters. The topological polar surface area (TPSA) is 85.4 Å². The second-order valence-corrected chi connectivity index (χ2v) is 5.78. The molecule has 0 spiro atoms. The first-order chi connectivity index (χ1) is 13.1. The monoisotopic (exact) mass is 364 g/mol. The van der Waals surface area contributed by atoms with Gasteiger partial charge in [0.25, 0.3) is 5.91 Å². The maximum Gasteiger partial charge on any atom is 0.258 e. The van der Waals surface area contributed by atoms with E-state index in [1.807, 2.05) is 49.4 Å². The van der Waals surface area contributed by atoms with Gasteiger partial charge in [0.2, 0.25) is 5.95 Å². The van der Waals surface area contributed by atoms with Crippen LogP contribution in [-0.2, 0) is 0 Å². The molecule has 3 rings (SSSR count). The Morgan fingerprint density at radius 1 is 0.926 bits per heavy atom. The van der Waals surface area contributed by atoms with E-state index in [-0.39, 0.29) is 5.91 Å². The summed E-state index contributed by atoms with van der Waals surface area (Å²) in [6.45, 7) is 1.94. The zero-order valence-electron chi connectivity index (χ0n) is 15.3. The standard InChI is InChI=1S/C20H20N4O3/c1-13-8-9-18(27-3)16(10-13)23-19(25)14-11-21-20(22-12-14)24-15-6-4-5-7-17(15)26-2/h4-12H,1-3H3,(H,23,25)(H,21,22,24). The van der Waals surface area contributed by atoms with E-state index in [4.69, 9.17) is 9.47 Å². The Morgan fingerprint density at radius 3 is 2.30 bits per heavy atom. The molecule has 0 radical (unpaired) electrons. The van der Waals surface area contributed by atoms with E-state index in [9.17, 15) is 4.79 Å². The molecule has 2 aromatic carbocycles. The lowest BCUT2D eigenvalue weighted by molar-refractivity contribution is 0.102. The molecule has 0 aliphatic heterocycles. The van der Waals surface area contributed by atoms with Crippen molar-refractivity contribution in [1.82, 2.24) is 9.97 Å². The Bertz CT molecular complexity index is 942. The summed E-state index contributed by atoms with van der Waals surface area (Å²) in [5.74, 6) is 1.31. The number of carbonyl (C=O) groups is 1. The predicted molar refractivity (Wildman–Crippen MR) is 104 cm³/mol. The van der Waals surface area contributed by atoms with E-state index < -0.39 is 0 Å². The van der Waals surface area contributed by atoms with Crippen molar-refractivity contribution in [3.8, 4) is 11.5 Å². The molecule has 0 aliphatic rings. The Kier molecular flexibility index (Phi) is 5.51. The van der Waals surface area contributed by atoms with Gasteiger partial charge in [-0.3, -0.25) is 4.79 Å². The van der Waals surface area contributed by atoms with Crippen molar-refractivity contribution in [3.05, 3.63) is 66.0 Å². The molecule has 138 valence electrons. The van der Waals surface area contributed by atoms with E-state index >= 15 is 0 Å². The highest BCUT2D eigenvalue weighted by Gasteiger charge is 2.12. The van der Waals surface area contributed by atoms with Gasteiger partial charge < -0.3 is 20.1 Å². The minimum atomic E-state index is -0.317. The van der Waals surface area contributed by atoms with Crippen LogP contribution in [0.2, 0.25) is 0 Å². The van der Waals surface area contributed by atoms with Crippen molar-refractivity contribution in [2.75, 3.05) is 24.9 Å². The highest BCUT2D eigenvalue weighted by atomic mass is 16.5. The quantitative estimate of drug-likeness (QED) is 0.692. The second kappa shape index (κ2) is 8.18. The number of rotatable bonds is 6. The van der Waals surface area contributed by atoms with Crippen molar-refractivity contribution in [2.24, 2.45) is 0 Å². The molecule has 27 heavy (non-hydrogen) atoms. The second-order valence-electron chi connectivity index (χ2n) is 5.78. The van der Waals surface area contributed by atoms with Crippen molar-refractivity contribution < 1.29 is 14.3 Å². The predicted octanol–water partition coefficient (Wildman–Crippen LogP) is 3.80. The molecule has 0 saturated heterocycles. The fourth-order valence-corrected chi connectivity index (χ4v) is 2.49. The third kappa shape index (κ3) is 4.33. The maximum absolute atomic E-state index is 12.5. The van der Waals surface area contributed by atoms with E-state index in [0.29, 0.717) is 28.7 Å². The van der Waals surface area contributed by atoms with Gasteiger partial charge in [-0.15, -0.1) is 0 Å². The largest absolute Gasteiger partial charge is 0.495 e. The summed E-state index contributed by atoms with van der Waals surface area (Å²) < 4.78 is 10.6. The van der Waals surface area contributed by atoms with Crippen LogP contribution in [0.5, 0.6) is 11.5 Å². The van der Waals surface area contributed by atoms with Crippen LogP contribution < -0.4 is 20.1 Å². The van der Waals surface area contributed by atoms with Gasteiger partial charge in [-0.1, -0.05) is 18.2 Å². The molecule has 1 amide bonds. The van der Waals surface area contributed by atoms with Gasteiger partial charge in [-0.05, 0) is 36.8 Å². The van der Waals surface area contributed by atoms with Gasteiger partial charge in [-0.25, -0.2) is 9.97 Å². The van der Waals surface area contributed by atoms with Crippen LogP contribution >= 0.6 is 0 Å². The SMILES string of the molecule is COc1ccc(C)cc1NC(=O)c1cnc(Nc2ccccc2OC)nc1. The van der Waals surface area contributed by atoms with Crippen LogP contribution in [0, 0.1) is 6.92 Å². The maximum atomic E-state index is 12.5. The summed E-state index contributed by atoms with van der Waals surface area (Å²) in [6.07, 6.45) is 2.92. The van der Waals surface area contributed by atoms with E-state index in [0.717, 1.165) is 11.3 Å². The number of amides is 1. The zero-order valence-corrected chi connectivity index (χ0v) is 15.3. The zero-order chi connectivity index (χ0) is 19.2. The summed E-state index contributed by atoms with van der Waals surface area (Å²) >= 11 is 0. The Labute approximate surface area is 157 Å². The molecule has 0 unspecified atom stereocenters. The number of methoxy groups -OCH3 is 2. The van der Waals surface area contributed by atoms with Crippen LogP contribution in [0.1, 0.15) is 15.9 Å². The van der Waals surface area contributed by atoms with E-state index in [1.54, 1.807) is 14.2 Å². The highest BCUT2D eigenvalue weighted by Crippen LogP contribution is 2.27. The van der Waals surface area contributed by atoms with Gasteiger partial charge in [0, 0.05) is 12.4 Å². The lowest BCUT2D eigenvalue weighted by Gasteiger charge is -2.11. The highest BCUT2D eigenvalue weighted by molar-refractivity contribution is 6.04. The molecule has 2 N–H and O–H groups in total. The smallest absolute Gasteiger partial charge is 0.258 e. The molecule has 7 heteroatoms. The fourth-order valence-electron chi connectivity index (χ4n) is 2.49. The number of nitrogens with zero attached hydrogens (tertiary/aromatic N) is 2. The Balaban J connectivity index is 1.73. The average Bonchev–Trinajstić information content (AvgIpc) is 2.69. The number of ether oxygens (including phenoxy) is 2. The first-order valence-electron chi connectivity index (χ1n) is 8.29. The van der Waals surface area contributed by atoms with Crippen molar-refractivity contribution in [1.29, 1.82) is 0 Å². The number of hydrogen-bond acceptors (Lipinski definition) is 6. The molecule has 0 saturated carbocycles. The lowest BCUT2D eigenvalue weighted by atomic mass is 10.2. The fraction of sp³-hybridized carbons (Fsp3) is 0.150. The van der Waals surface area contributed by atoms with Crippen LogP contribution in [0.4, 0.5) is 17.3 Å². The molecule has 0 bridgehead atoms. The lowest BCUT2D eigenvalue weighted by Crippen LogP contribution is -2.14. The molecular weight excluding hydrogens is 344 g/mol. The third-order valence-electron chi connectivity index (χ3n) is 3.87. The van der Waals surface area contributed by atoms with E-state index in [1.165, 1.54) is 12.4 Å². The third-order valence-corrected chi connectivity index (χ3v) is 3.87. The minimum absolute atomic E-state index is 0.317. The number of carbonyl (C=O) groups excluding carboxylic acids is 1. The van der Waals surface area contributed by atoms with Gasteiger partial charge in [0.15, 0.2) is 0 Å². The van der Waals surface area contributed by atoms with Gasteiger partial charge in [0.1, 0.15) is 11.5 Å². The molecule has 1 aromatic heterocycles. The number of benzene rings is 2. The minimum Gasteiger partial charge on any atom is -0.495 e. The summed E-state index contributed by atoms with van der Waals surface area (Å²) in [7, 11) is 3.15. The van der Waals surface area contributed by atoms with Crippen molar-refractivity contribution in [2.45, 2.75) is 6.92 Å². The summed E-state index contributed by atoms with van der Waals surface area (Å²) in [6, 6.07) is 13.0. The first-order valence-corrected chi connectivity index (χ1v) is 8.29. The molecule has 0 fully saturated rings. The summed E-state index contributed by atoms with van der Waals surface area (Å²) in [5.41, 5.74) is 2.68. The van der Waals surface area contributed by atoms with Gasteiger partial charge in [0.05, 0.1) is 31.2 Å². The Hall–Kier alpha value is -3.61. The van der Waals surface area contributed by atoms with Crippen LogP contribution in [-0.4, -0.2) is 30.1 Å². The van der Waals surface area contributed by atoms with Crippen molar-refractivity contribution in [3.63, 3.8) is 0 Å². The molecule has 3 aromatic rings. The van der Waals surface area contributed by atoms with Gasteiger partial charge in [-0.2, -0.15) is 0 Å². The average molecular weight is 364 g/mol. The number of para-hydroxylation sites is 2. The number of aryl methyl sites for hydroxylation is 1. The van der Waals surface area contributed by atoms with Crippen LogP contribution in [0.15, 0.2) is 54.9 Å². The number of nitrogens with one attached hydrogen (secondary N) is 2. The number of hydrogen-bond donors (Lipinski definition) is 2. The molecular formula is C20H20N4O3. The first kappa shape index (κ1) is 18.2. The number of aromatic nitrogens is 2. The Morgan fingerprint density at radius 2 is 1.59 bits per heavy atom. The van der Waals surface area contributed by atoms with Crippen molar-refractivity contribution >= 4 is 23.2 Å². The number of anilines is 3. The van der Waals surface area contributed by atoms with Gasteiger partial charge >= 0.3 is 0 Å².